The molecule has 81 heavy (non-hydrogen) atoms. The number of allylic oxidation sites excluding steroid dienone is 9. The zero-order valence-corrected chi connectivity index (χ0v) is 55.1. The van der Waals surface area contributed by atoms with E-state index in [-0.39, 0.29) is 24.9 Å². The van der Waals surface area contributed by atoms with Gasteiger partial charge in [0.05, 0.1) is 33.8 Å². The molecule has 10 heteroatoms. The van der Waals surface area contributed by atoms with Crippen LogP contribution in [-0.4, -0.2) is 69.4 Å². The van der Waals surface area contributed by atoms with Gasteiger partial charge in [-0.25, -0.2) is 0 Å². The molecular weight excluding hydrogens is 1020 g/mol. The molecule has 0 fully saturated rings. The number of likely N-dealkylation sites (N-methyl/N-ethyl adjacent to an activating group) is 1. The zero-order valence-electron chi connectivity index (χ0n) is 54.2. The summed E-state index contributed by atoms with van der Waals surface area (Å²) in [7, 11) is 1.19. The minimum atomic E-state index is -4.71. The molecule has 0 radical (unpaired) electrons. The number of hydrogen-bond acceptors (Lipinski definition) is 7. The molecule has 0 spiro atoms. The number of nitrogens with zero attached hydrogens (tertiary/aromatic N) is 1. The van der Waals surface area contributed by atoms with Crippen molar-refractivity contribution in [1.29, 1.82) is 0 Å². The predicted molar refractivity (Wildman–Crippen MR) is 349 cm³/mol. The quantitative estimate of drug-likeness (QED) is 0.0212. The fourth-order valence-electron chi connectivity index (χ4n) is 10.1. The van der Waals surface area contributed by atoms with Crippen LogP contribution in [0.25, 0.3) is 0 Å². The average Bonchev–Trinajstić information content (AvgIpc) is 3.44. The molecule has 1 N–H and O–H groups in total. The van der Waals surface area contributed by atoms with Crippen molar-refractivity contribution in [3.05, 3.63) is 60.8 Å². The Balaban J connectivity index is 5.17. The number of phosphoric acid groups is 1. The molecule has 1 amide bonds. The first-order valence-electron chi connectivity index (χ1n) is 34.6. The van der Waals surface area contributed by atoms with Gasteiger partial charge in [-0.1, -0.05) is 281 Å². The Morgan fingerprint density at radius 3 is 1.16 bits per heavy atom. The van der Waals surface area contributed by atoms with E-state index < -0.39 is 26.6 Å². The highest BCUT2D eigenvalue weighted by molar-refractivity contribution is 7.45. The van der Waals surface area contributed by atoms with E-state index in [4.69, 9.17) is 13.8 Å². The number of hydrogen-bond donors (Lipinski definition) is 1. The van der Waals surface area contributed by atoms with E-state index in [0.29, 0.717) is 17.4 Å². The third-order valence-corrected chi connectivity index (χ3v) is 16.4. The maximum atomic E-state index is 13.6. The van der Waals surface area contributed by atoms with Crippen molar-refractivity contribution in [2.24, 2.45) is 0 Å². The fraction of sp³-hybridized carbons (Fsp3) is 0.831. The van der Waals surface area contributed by atoms with Crippen LogP contribution in [0.4, 0.5) is 0 Å². The van der Waals surface area contributed by atoms with E-state index in [1.54, 1.807) is 0 Å². The number of unbranched alkanes of at least 4 members (excludes halogenated alkanes) is 39. The van der Waals surface area contributed by atoms with Crippen molar-refractivity contribution >= 4 is 19.7 Å². The summed E-state index contributed by atoms with van der Waals surface area (Å²) in [5.41, 5.74) is 0. The predicted octanol–water partition coefficient (Wildman–Crippen LogP) is 21.2. The molecule has 474 valence electrons. The molecule has 3 unspecified atom stereocenters. The van der Waals surface area contributed by atoms with E-state index in [2.05, 4.69) is 74.7 Å². The lowest BCUT2D eigenvalue weighted by atomic mass is 10.0. The third-order valence-electron chi connectivity index (χ3n) is 15.4. The first-order valence-corrected chi connectivity index (χ1v) is 36.1. The highest BCUT2D eigenvalue weighted by Gasteiger charge is 2.27. The number of rotatable bonds is 63. The van der Waals surface area contributed by atoms with E-state index in [9.17, 15) is 19.0 Å². The molecule has 0 aliphatic rings. The van der Waals surface area contributed by atoms with Gasteiger partial charge in [-0.05, 0) is 96.0 Å². The number of ether oxygens (including phenoxy) is 1. The van der Waals surface area contributed by atoms with Gasteiger partial charge >= 0.3 is 5.97 Å². The van der Waals surface area contributed by atoms with Gasteiger partial charge in [-0.2, -0.15) is 0 Å². The average molecular weight is 1160 g/mol. The molecule has 0 aromatic heterocycles. The zero-order chi connectivity index (χ0) is 59.3. The number of quaternary nitrogens is 1. The second-order valence-electron chi connectivity index (χ2n) is 24.7. The molecule has 0 saturated carbocycles. The molecule has 0 aromatic carbocycles. The maximum Gasteiger partial charge on any atom is 0.306 e. The first-order chi connectivity index (χ1) is 39.4. The van der Waals surface area contributed by atoms with Crippen LogP contribution in [0.5, 0.6) is 0 Å². The molecule has 3 atom stereocenters. The summed E-state index contributed by atoms with van der Waals surface area (Å²) >= 11 is 0. The molecule has 0 aliphatic heterocycles. The summed E-state index contributed by atoms with van der Waals surface area (Å²) in [4.78, 5) is 40.2. The van der Waals surface area contributed by atoms with Gasteiger partial charge in [0.1, 0.15) is 19.3 Å². The summed E-state index contributed by atoms with van der Waals surface area (Å²) in [6.07, 6.45) is 77.6. The summed E-state index contributed by atoms with van der Waals surface area (Å²) in [6.45, 7) is 6.85. The monoisotopic (exact) mass is 1160 g/mol. The molecule has 0 bridgehead atoms. The van der Waals surface area contributed by atoms with Gasteiger partial charge in [-0.3, -0.25) is 14.2 Å². The van der Waals surface area contributed by atoms with Crippen LogP contribution in [0, 0.1) is 0 Å². The smallest absolute Gasteiger partial charge is 0.306 e. The number of carbonyl (C=O) groups excluding carboxylic acids is 2. The van der Waals surface area contributed by atoms with Crippen molar-refractivity contribution in [3.63, 3.8) is 0 Å². The SMILES string of the molecule is CCCCC/C=C\C/C=C\C/C=C\CCCCCCCCCCC(=O)NC(COP(=O)([O-])OCC[N+](C)(C)C)C(/C=C/CCCCCCCCCCCCC)OC(=O)CCCCCCCCCCCCC/C=C/CCCCCCCC. The summed E-state index contributed by atoms with van der Waals surface area (Å²) in [5, 5.41) is 3.04. The first kappa shape index (κ1) is 78.7. The van der Waals surface area contributed by atoms with E-state index in [0.717, 1.165) is 83.5 Å². The van der Waals surface area contributed by atoms with Crippen LogP contribution in [0.2, 0.25) is 0 Å². The fourth-order valence-corrected chi connectivity index (χ4v) is 10.8. The van der Waals surface area contributed by atoms with Crippen LogP contribution >= 0.6 is 7.82 Å². The Labute approximate surface area is 502 Å². The Morgan fingerprint density at radius 2 is 0.753 bits per heavy atom. The normalized spacial score (nSPS) is 13.9. The maximum absolute atomic E-state index is 13.6. The van der Waals surface area contributed by atoms with Gasteiger partial charge in [0.15, 0.2) is 0 Å². The minimum absolute atomic E-state index is 0.0243. The van der Waals surface area contributed by atoms with Crippen LogP contribution < -0.4 is 10.2 Å². The van der Waals surface area contributed by atoms with Crippen molar-refractivity contribution in [1.82, 2.24) is 5.32 Å². The standard InChI is InChI=1S/C71H133N2O7P/c1-7-10-13-16-19-22-25-28-30-32-34-36-38-40-42-45-48-51-54-57-60-63-70(74)72-68(67-79-81(76,77)78-66-65-73(4,5)6)69(62-59-56-53-50-47-44-27-24-21-18-15-12-9-3)80-71(75)64-61-58-55-52-49-46-43-41-39-37-35-33-31-29-26-23-20-17-14-11-8-2/h19,22,28-31,34,36,59,62,68-69H,7-18,20-21,23-27,32-33,35,37-58,60-61,63-67H2,1-6H3,(H-,72,74,76,77)/b22-19-,30-28-,31-29+,36-34-,62-59+. The van der Waals surface area contributed by atoms with Gasteiger partial charge in [-0.15, -0.1) is 0 Å². The Morgan fingerprint density at radius 1 is 0.432 bits per heavy atom. The van der Waals surface area contributed by atoms with Crippen molar-refractivity contribution in [2.75, 3.05) is 40.9 Å². The minimum Gasteiger partial charge on any atom is -0.756 e. The van der Waals surface area contributed by atoms with Gasteiger partial charge < -0.3 is 28.5 Å². The second-order valence-corrected chi connectivity index (χ2v) is 26.1. The Bertz CT molecular complexity index is 1570. The lowest BCUT2D eigenvalue weighted by molar-refractivity contribution is -0.870. The number of phosphoric ester groups is 1. The van der Waals surface area contributed by atoms with Crippen molar-refractivity contribution < 1.29 is 37.3 Å². The van der Waals surface area contributed by atoms with Gasteiger partial charge in [0.25, 0.3) is 7.82 Å². The number of nitrogens with one attached hydrogen (secondary N) is 1. The largest absolute Gasteiger partial charge is 0.756 e. The Kier molecular flexibility index (Phi) is 59.1. The summed E-state index contributed by atoms with van der Waals surface area (Å²) < 4.78 is 30.4. The summed E-state index contributed by atoms with van der Waals surface area (Å²) in [6, 6.07) is -0.894. The molecule has 9 nitrogen and oxygen atoms in total. The van der Waals surface area contributed by atoms with Gasteiger partial charge in [0, 0.05) is 12.8 Å². The number of esters is 1. The molecule has 0 aromatic rings. The Hall–Kier alpha value is -2.29. The molecule has 0 heterocycles. The highest BCUT2D eigenvalue weighted by atomic mass is 31.2. The van der Waals surface area contributed by atoms with Crippen LogP contribution in [0.15, 0.2) is 60.8 Å². The molecule has 0 aliphatic carbocycles. The lowest BCUT2D eigenvalue weighted by Crippen LogP contribution is -2.47. The van der Waals surface area contributed by atoms with Gasteiger partial charge in [0.2, 0.25) is 5.91 Å². The van der Waals surface area contributed by atoms with Crippen LogP contribution in [0.1, 0.15) is 329 Å². The van der Waals surface area contributed by atoms with Crippen molar-refractivity contribution in [3.8, 4) is 0 Å². The van der Waals surface area contributed by atoms with E-state index >= 15 is 0 Å². The molecule has 0 rings (SSSR count). The number of amides is 1. The summed E-state index contributed by atoms with van der Waals surface area (Å²) in [5.74, 6) is -0.539. The highest BCUT2D eigenvalue weighted by Crippen LogP contribution is 2.38. The van der Waals surface area contributed by atoms with Crippen LogP contribution in [0.3, 0.4) is 0 Å². The third kappa shape index (κ3) is 62.1. The van der Waals surface area contributed by atoms with Crippen molar-refractivity contribution in [2.45, 2.75) is 341 Å². The molecular formula is C71H133N2O7P. The second kappa shape index (κ2) is 60.8. The molecule has 0 saturated heterocycles. The lowest BCUT2D eigenvalue weighted by Gasteiger charge is -2.30. The number of carbonyl (C=O) groups is 2. The van der Waals surface area contributed by atoms with E-state index in [1.165, 1.54) is 212 Å². The van der Waals surface area contributed by atoms with Crippen LogP contribution in [-0.2, 0) is 27.9 Å². The topological polar surface area (TPSA) is 114 Å². The van der Waals surface area contributed by atoms with E-state index in [1.807, 2.05) is 33.3 Å².